The van der Waals surface area contributed by atoms with Crippen LogP contribution in [0, 0.1) is 0 Å². The number of nitrogens with one attached hydrogen (secondary N) is 2. The summed E-state index contributed by atoms with van der Waals surface area (Å²) in [5, 5.41) is 14.9. The molecule has 1 aliphatic rings. The summed E-state index contributed by atoms with van der Waals surface area (Å²) in [5.41, 5.74) is 1.06. The first-order valence-electron chi connectivity index (χ1n) is 9.52. The number of amides is 2. The van der Waals surface area contributed by atoms with Gasteiger partial charge < -0.3 is 15.7 Å². The van der Waals surface area contributed by atoms with Crippen LogP contribution in [0.2, 0.25) is 0 Å². The predicted octanol–water partition coefficient (Wildman–Crippen LogP) is 2.24. The third-order valence-corrected chi connectivity index (χ3v) is 5.05. The number of halogens is 1. The molecule has 1 aliphatic heterocycles. The van der Waals surface area contributed by atoms with E-state index in [1.807, 2.05) is 12.1 Å². The molecule has 7 heteroatoms. The number of rotatable bonds is 8. The van der Waals surface area contributed by atoms with Crippen molar-refractivity contribution in [1.29, 1.82) is 0 Å². The predicted molar refractivity (Wildman–Crippen MR) is 109 cm³/mol. The average molecular weight is 400 g/mol. The van der Waals surface area contributed by atoms with Crippen molar-refractivity contribution in [2.75, 3.05) is 19.6 Å². The molecule has 2 unspecified atom stereocenters. The summed E-state index contributed by atoms with van der Waals surface area (Å²) < 4.78 is 0. The van der Waals surface area contributed by atoms with Gasteiger partial charge in [-0.1, -0.05) is 18.6 Å². The maximum Gasteiger partial charge on any atom is 0.234 e. The van der Waals surface area contributed by atoms with Crippen LogP contribution in [-0.2, 0) is 16.0 Å². The van der Waals surface area contributed by atoms with Crippen LogP contribution in [0.1, 0.15) is 45.1 Å². The minimum Gasteiger partial charge on any atom is -0.508 e. The molecular formula is C20H32ClN3O3. The highest BCUT2D eigenvalue weighted by atomic mass is 35.5. The lowest BCUT2D eigenvalue weighted by molar-refractivity contribution is -0.124. The van der Waals surface area contributed by atoms with Crippen molar-refractivity contribution in [2.45, 2.75) is 58.0 Å². The Morgan fingerprint density at radius 3 is 2.26 bits per heavy atom. The molecule has 2 atom stereocenters. The molecule has 1 fully saturated rings. The van der Waals surface area contributed by atoms with Gasteiger partial charge in [0.25, 0.3) is 0 Å². The van der Waals surface area contributed by atoms with Crippen molar-refractivity contribution < 1.29 is 14.7 Å². The van der Waals surface area contributed by atoms with E-state index in [9.17, 15) is 14.7 Å². The van der Waals surface area contributed by atoms with Crippen LogP contribution < -0.4 is 10.6 Å². The smallest absolute Gasteiger partial charge is 0.234 e. The van der Waals surface area contributed by atoms with Crippen molar-refractivity contribution in [3.05, 3.63) is 29.8 Å². The quantitative estimate of drug-likeness (QED) is 0.585. The first kappa shape index (κ1) is 23.2. The fourth-order valence-electron chi connectivity index (χ4n) is 3.42. The van der Waals surface area contributed by atoms with Gasteiger partial charge in [-0.3, -0.25) is 14.5 Å². The van der Waals surface area contributed by atoms with Crippen molar-refractivity contribution in [1.82, 2.24) is 15.5 Å². The molecule has 3 N–H and O–H groups in total. The standard InChI is InChI=1S/C20H31N3O3.ClH/c1-15-4-3-5-16(2)23(15)14-20(26)22-13-11-19(25)21-12-10-17-6-8-18(24)9-7-17;/h6-9,15-16,24H,3-5,10-14H2,1-2H3,(H,21,25)(H,22,26);1H/i14+1,20+1;. The first-order valence-corrected chi connectivity index (χ1v) is 9.52. The molecule has 1 saturated heterocycles. The summed E-state index contributed by atoms with van der Waals surface area (Å²) in [6.07, 6.45) is 4.50. The number of nitrogens with zero attached hydrogens (tertiary/aromatic N) is 1. The Morgan fingerprint density at radius 2 is 1.63 bits per heavy atom. The van der Waals surface area contributed by atoms with E-state index in [1.54, 1.807) is 12.1 Å². The normalized spacial score (nSPS) is 19.8. The number of aromatic hydroxyl groups is 1. The highest BCUT2D eigenvalue weighted by Gasteiger charge is 2.26. The Kier molecular flexibility index (Phi) is 10.2. The maximum absolute atomic E-state index is 12.1. The molecule has 27 heavy (non-hydrogen) atoms. The van der Waals surface area contributed by atoms with Gasteiger partial charge in [-0.2, -0.15) is 0 Å². The highest BCUT2D eigenvalue weighted by molar-refractivity contribution is 5.85. The lowest BCUT2D eigenvalue weighted by Crippen LogP contribution is -2.49. The van der Waals surface area contributed by atoms with Crippen LogP contribution in [0.4, 0.5) is 0 Å². The van der Waals surface area contributed by atoms with Gasteiger partial charge in [-0.05, 0) is 50.8 Å². The van der Waals surface area contributed by atoms with Crippen LogP contribution in [0.25, 0.3) is 0 Å². The fourth-order valence-corrected chi connectivity index (χ4v) is 3.42. The second-order valence-electron chi connectivity index (χ2n) is 7.17. The number of benzene rings is 1. The van der Waals surface area contributed by atoms with Crippen molar-refractivity contribution >= 4 is 24.2 Å². The van der Waals surface area contributed by atoms with Crippen molar-refractivity contribution in [3.63, 3.8) is 0 Å². The fraction of sp³-hybridized carbons (Fsp3) is 0.600. The molecule has 6 nitrogen and oxygen atoms in total. The van der Waals surface area contributed by atoms with Crippen LogP contribution in [0.5, 0.6) is 5.75 Å². The lowest BCUT2D eigenvalue weighted by Gasteiger charge is -2.38. The monoisotopic (exact) mass is 399 g/mol. The second kappa shape index (κ2) is 11.8. The van der Waals surface area contributed by atoms with E-state index in [4.69, 9.17) is 0 Å². The van der Waals surface area contributed by atoms with Gasteiger partial charge in [-0.25, -0.2) is 0 Å². The zero-order valence-electron chi connectivity index (χ0n) is 16.2. The van der Waals surface area contributed by atoms with Gasteiger partial charge in [0.15, 0.2) is 0 Å². The van der Waals surface area contributed by atoms with Crippen LogP contribution >= 0.6 is 12.4 Å². The van der Waals surface area contributed by atoms with Gasteiger partial charge in [-0.15, -0.1) is 12.4 Å². The Balaban J connectivity index is 0.00000364. The number of piperidine rings is 1. The number of phenols is 1. The molecule has 2 amide bonds. The highest BCUT2D eigenvalue weighted by Crippen LogP contribution is 2.21. The summed E-state index contributed by atoms with van der Waals surface area (Å²) in [5.74, 6) is 0.160. The van der Waals surface area contributed by atoms with Crippen molar-refractivity contribution in [2.24, 2.45) is 0 Å². The Morgan fingerprint density at radius 1 is 1.04 bits per heavy atom. The van der Waals surface area contributed by atoms with E-state index in [1.165, 1.54) is 6.42 Å². The molecular weight excluding hydrogens is 368 g/mol. The first-order chi connectivity index (χ1) is 12.5. The minimum absolute atomic E-state index is 0. The Hall–Kier alpha value is -1.79. The Bertz CT molecular complexity index is 585. The van der Waals surface area contributed by atoms with E-state index in [-0.39, 0.29) is 36.4 Å². The topological polar surface area (TPSA) is 81.7 Å². The van der Waals surface area contributed by atoms with Crippen LogP contribution in [0.3, 0.4) is 0 Å². The zero-order valence-corrected chi connectivity index (χ0v) is 17.1. The van der Waals surface area contributed by atoms with Crippen LogP contribution in [0.15, 0.2) is 24.3 Å². The van der Waals surface area contributed by atoms with Gasteiger partial charge in [0.1, 0.15) is 5.75 Å². The van der Waals surface area contributed by atoms with E-state index in [0.717, 1.165) is 18.4 Å². The van der Waals surface area contributed by atoms with Gasteiger partial charge in [0.05, 0.1) is 6.54 Å². The van der Waals surface area contributed by atoms with E-state index in [2.05, 4.69) is 29.4 Å². The summed E-state index contributed by atoms with van der Waals surface area (Å²) in [4.78, 5) is 26.2. The lowest BCUT2D eigenvalue weighted by atomic mass is 9.99. The summed E-state index contributed by atoms with van der Waals surface area (Å²) in [6, 6.07) is 7.82. The number of hydrogen-bond donors (Lipinski definition) is 3. The maximum atomic E-state index is 12.1. The molecule has 152 valence electrons. The zero-order chi connectivity index (χ0) is 18.9. The van der Waals surface area contributed by atoms with Gasteiger partial charge >= 0.3 is 0 Å². The molecule has 0 radical (unpaired) electrons. The van der Waals surface area contributed by atoms with Crippen molar-refractivity contribution in [3.8, 4) is 5.75 Å². The number of hydrogen-bond acceptors (Lipinski definition) is 4. The third kappa shape index (κ3) is 8.18. The summed E-state index contributed by atoms with van der Waals surface area (Å²) in [7, 11) is 0. The number of likely N-dealkylation sites (tertiary alicyclic amines) is 1. The number of carbonyl (C=O) groups excluding carboxylic acids is 2. The molecule has 0 saturated carbocycles. The van der Waals surface area contributed by atoms with E-state index in [0.29, 0.717) is 38.1 Å². The number of phenolic OH excluding ortho intramolecular Hbond substituents is 1. The van der Waals surface area contributed by atoms with Gasteiger partial charge in [0, 0.05) is 31.6 Å². The minimum atomic E-state index is -0.0659. The SMILES string of the molecule is CC1CCCC(C)N1[13CH2][13C](=O)NCCC(=O)NCCc1ccc(O)cc1.Cl. The molecule has 0 aliphatic carbocycles. The molecule has 1 aromatic carbocycles. The molecule has 0 aromatic heterocycles. The van der Waals surface area contributed by atoms with E-state index < -0.39 is 0 Å². The van der Waals surface area contributed by atoms with E-state index >= 15 is 0 Å². The average Bonchev–Trinajstić information content (AvgIpc) is 2.60. The summed E-state index contributed by atoms with van der Waals surface area (Å²) >= 11 is 0. The summed E-state index contributed by atoms with van der Waals surface area (Å²) in [6.45, 7) is 5.65. The molecule has 0 bridgehead atoms. The van der Waals surface area contributed by atoms with Crippen LogP contribution in [-0.4, -0.2) is 53.5 Å². The second-order valence-corrected chi connectivity index (χ2v) is 7.17. The molecule has 1 aromatic rings. The third-order valence-electron chi connectivity index (χ3n) is 5.05. The molecule has 0 spiro atoms. The molecule has 2 rings (SSSR count). The largest absolute Gasteiger partial charge is 0.508 e. The number of carbonyl (C=O) groups is 2. The Labute approximate surface area is 168 Å². The van der Waals surface area contributed by atoms with Gasteiger partial charge in [0.2, 0.25) is 11.8 Å². The molecule has 1 heterocycles.